The molecular formula is C10H18BrNO. The quantitative estimate of drug-likeness (QED) is 0.567. The Morgan fingerprint density at radius 2 is 2.15 bits per heavy atom. The number of carbonyl (C=O) groups excluding carboxylic acids is 1. The van der Waals surface area contributed by atoms with E-state index in [9.17, 15) is 4.79 Å². The van der Waals surface area contributed by atoms with Crippen LogP contribution in [-0.4, -0.2) is 17.8 Å². The van der Waals surface area contributed by atoms with Crippen molar-refractivity contribution in [1.82, 2.24) is 5.32 Å². The van der Waals surface area contributed by atoms with Gasteiger partial charge in [-0.2, -0.15) is 0 Å². The lowest BCUT2D eigenvalue weighted by Crippen LogP contribution is -2.31. The third-order valence-electron chi connectivity index (χ3n) is 2.60. The number of hydrogen-bond acceptors (Lipinski definition) is 1. The fourth-order valence-electron chi connectivity index (χ4n) is 1.42. The van der Waals surface area contributed by atoms with Crippen LogP contribution in [0.5, 0.6) is 0 Å². The number of hydrogen-bond donors (Lipinski definition) is 1. The molecule has 0 bridgehead atoms. The first kappa shape index (κ1) is 11.0. The third-order valence-corrected chi connectivity index (χ3v) is 3.16. The van der Waals surface area contributed by atoms with Crippen LogP contribution in [0.2, 0.25) is 0 Å². The van der Waals surface area contributed by atoms with Gasteiger partial charge in [-0.3, -0.25) is 4.79 Å². The molecule has 13 heavy (non-hydrogen) atoms. The molecular weight excluding hydrogens is 230 g/mol. The maximum Gasteiger partial charge on any atom is 0.220 e. The lowest BCUT2D eigenvalue weighted by molar-refractivity contribution is -0.121. The van der Waals surface area contributed by atoms with Gasteiger partial charge in [0.25, 0.3) is 0 Å². The standard InChI is InChI=1S/C10H18BrNO/c11-7-2-1-6-10(13)12-8-9-4-3-5-9/h9H,1-8H2,(H,12,13). The molecule has 76 valence electrons. The van der Waals surface area contributed by atoms with Crippen molar-refractivity contribution in [2.24, 2.45) is 5.92 Å². The molecule has 0 unspecified atom stereocenters. The Morgan fingerprint density at radius 1 is 1.38 bits per heavy atom. The largest absolute Gasteiger partial charge is 0.356 e. The molecule has 1 saturated carbocycles. The summed E-state index contributed by atoms with van der Waals surface area (Å²) in [5, 5.41) is 3.99. The van der Waals surface area contributed by atoms with Gasteiger partial charge in [-0.05, 0) is 31.6 Å². The Labute approximate surface area is 88.6 Å². The van der Waals surface area contributed by atoms with Crippen molar-refractivity contribution in [1.29, 1.82) is 0 Å². The lowest BCUT2D eigenvalue weighted by Gasteiger charge is -2.25. The minimum absolute atomic E-state index is 0.229. The molecule has 0 heterocycles. The molecule has 1 N–H and O–H groups in total. The van der Waals surface area contributed by atoms with E-state index in [4.69, 9.17) is 0 Å². The molecule has 0 aromatic heterocycles. The Balaban J connectivity index is 1.90. The number of amides is 1. The highest BCUT2D eigenvalue weighted by Crippen LogP contribution is 2.25. The highest BCUT2D eigenvalue weighted by molar-refractivity contribution is 9.09. The molecule has 1 amide bonds. The number of halogens is 1. The van der Waals surface area contributed by atoms with Gasteiger partial charge in [-0.15, -0.1) is 0 Å². The van der Waals surface area contributed by atoms with E-state index in [-0.39, 0.29) is 5.91 Å². The van der Waals surface area contributed by atoms with Crippen LogP contribution in [0.3, 0.4) is 0 Å². The molecule has 1 rings (SSSR count). The van der Waals surface area contributed by atoms with Crippen LogP contribution in [0.4, 0.5) is 0 Å². The van der Waals surface area contributed by atoms with Gasteiger partial charge < -0.3 is 5.32 Å². The zero-order chi connectivity index (χ0) is 9.52. The van der Waals surface area contributed by atoms with Gasteiger partial charge >= 0.3 is 0 Å². The molecule has 1 fully saturated rings. The fraction of sp³-hybridized carbons (Fsp3) is 0.900. The number of alkyl halides is 1. The fourth-order valence-corrected chi connectivity index (χ4v) is 1.82. The lowest BCUT2D eigenvalue weighted by atomic mass is 9.85. The molecule has 0 aliphatic heterocycles. The number of rotatable bonds is 6. The Hall–Kier alpha value is -0.0500. The third kappa shape index (κ3) is 4.65. The Bertz CT molecular complexity index is 157. The summed E-state index contributed by atoms with van der Waals surface area (Å²) in [6.07, 6.45) is 6.75. The molecule has 1 aliphatic rings. The summed E-state index contributed by atoms with van der Waals surface area (Å²) >= 11 is 3.35. The smallest absolute Gasteiger partial charge is 0.220 e. The molecule has 0 atom stereocenters. The van der Waals surface area contributed by atoms with Gasteiger partial charge in [0.2, 0.25) is 5.91 Å². The monoisotopic (exact) mass is 247 g/mol. The normalized spacial score (nSPS) is 16.7. The van der Waals surface area contributed by atoms with E-state index in [0.717, 1.165) is 30.6 Å². The molecule has 0 aromatic carbocycles. The van der Waals surface area contributed by atoms with Crippen LogP contribution in [0.15, 0.2) is 0 Å². The van der Waals surface area contributed by atoms with E-state index in [1.807, 2.05) is 0 Å². The second kappa shape index (κ2) is 6.41. The van der Waals surface area contributed by atoms with E-state index < -0.39 is 0 Å². The van der Waals surface area contributed by atoms with E-state index >= 15 is 0 Å². The number of unbranched alkanes of at least 4 members (excludes halogenated alkanes) is 1. The van der Waals surface area contributed by atoms with Crippen LogP contribution in [0.25, 0.3) is 0 Å². The van der Waals surface area contributed by atoms with Crippen molar-refractivity contribution >= 4 is 21.8 Å². The average Bonchev–Trinajstić information content (AvgIpc) is 2.02. The zero-order valence-corrected chi connectivity index (χ0v) is 9.61. The van der Waals surface area contributed by atoms with Crippen LogP contribution in [0.1, 0.15) is 38.5 Å². The molecule has 3 heteroatoms. The van der Waals surface area contributed by atoms with Crippen LogP contribution in [0, 0.1) is 5.92 Å². The minimum Gasteiger partial charge on any atom is -0.356 e. The number of nitrogens with one attached hydrogen (secondary N) is 1. The molecule has 0 saturated heterocycles. The summed E-state index contributed by atoms with van der Waals surface area (Å²) < 4.78 is 0. The minimum atomic E-state index is 0.229. The van der Waals surface area contributed by atoms with Gasteiger partial charge in [0.1, 0.15) is 0 Å². The van der Waals surface area contributed by atoms with Crippen molar-refractivity contribution < 1.29 is 4.79 Å². The maximum absolute atomic E-state index is 11.2. The first-order chi connectivity index (χ1) is 6.33. The molecule has 0 spiro atoms. The van der Waals surface area contributed by atoms with Crippen molar-refractivity contribution in [3.05, 3.63) is 0 Å². The summed E-state index contributed by atoms with van der Waals surface area (Å²) in [7, 11) is 0. The Kier molecular flexibility index (Phi) is 5.44. The summed E-state index contributed by atoms with van der Waals surface area (Å²) in [6.45, 7) is 0.910. The highest BCUT2D eigenvalue weighted by atomic mass is 79.9. The van der Waals surface area contributed by atoms with Crippen molar-refractivity contribution in [2.75, 3.05) is 11.9 Å². The van der Waals surface area contributed by atoms with E-state index in [1.54, 1.807) is 0 Å². The van der Waals surface area contributed by atoms with Crippen LogP contribution in [-0.2, 0) is 4.79 Å². The van der Waals surface area contributed by atoms with Crippen molar-refractivity contribution in [2.45, 2.75) is 38.5 Å². The first-order valence-electron chi connectivity index (χ1n) is 5.15. The predicted octanol–water partition coefficient (Wildman–Crippen LogP) is 2.47. The topological polar surface area (TPSA) is 29.1 Å². The van der Waals surface area contributed by atoms with Gasteiger partial charge in [0.15, 0.2) is 0 Å². The maximum atomic E-state index is 11.2. The summed E-state index contributed by atoms with van der Waals surface area (Å²) in [5.41, 5.74) is 0. The highest BCUT2D eigenvalue weighted by Gasteiger charge is 2.17. The zero-order valence-electron chi connectivity index (χ0n) is 8.02. The first-order valence-corrected chi connectivity index (χ1v) is 6.27. The van der Waals surface area contributed by atoms with Crippen molar-refractivity contribution in [3.63, 3.8) is 0 Å². The summed E-state index contributed by atoms with van der Waals surface area (Å²) in [6, 6.07) is 0. The van der Waals surface area contributed by atoms with Gasteiger partial charge in [-0.1, -0.05) is 22.4 Å². The van der Waals surface area contributed by atoms with Crippen molar-refractivity contribution in [3.8, 4) is 0 Å². The van der Waals surface area contributed by atoms with E-state index in [2.05, 4.69) is 21.2 Å². The second-order valence-corrected chi connectivity index (χ2v) is 4.54. The predicted molar refractivity (Wildman–Crippen MR) is 58.0 cm³/mol. The van der Waals surface area contributed by atoms with Gasteiger partial charge in [0, 0.05) is 18.3 Å². The van der Waals surface area contributed by atoms with Crippen LogP contribution < -0.4 is 5.32 Å². The Morgan fingerprint density at radius 3 is 2.69 bits per heavy atom. The van der Waals surface area contributed by atoms with Gasteiger partial charge in [-0.25, -0.2) is 0 Å². The average molecular weight is 248 g/mol. The molecule has 2 nitrogen and oxygen atoms in total. The molecule has 0 aromatic rings. The van der Waals surface area contributed by atoms with Gasteiger partial charge in [0.05, 0.1) is 0 Å². The molecule has 0 radical (unpaired) electrons. The summed E-state index contributed by atoms with van der Waals surface area (Å²) in [4.78, 5) is 11.2. The second-order valence-electron chi connectivity index (χ2n) is 3.75. The SMILES string of the molecule is O=C(CCCCBr)NCC1CCC1. The summed E-state index contributed by atoms with van der Waals surface area (Å²) in [5.74, 6) is 1.01. The number of carbonyl (C=O) groups is 1. The van der Waals surface area contributed by atoms with Crippen LogP contribution >= 0.6 is 15.9 Å². The van der Waals surface area contributed by atoms with E-state index in [1.165, 1.54) is 19.3 Å². The molecule has 1 aliphatic carbocycles. The van der Waals surface area contributed by atoms with E-state index in [0.29, 0.717) is 6.42 Å².